The number of benzene rings is 2. The third kappa shape index (κ3) is 5.52. The Morgan fingerprint density at radius 1 is 1.09 bits per heavy atom. The van der Waals surface area contributed by atoms with E-state index in [1.807, 2.05) is 30.3 Å². The monoisotopic (exact) mass is 346 g/mol. The summed E-state index contributed by atoms with van der Waals surface area (Å²) in [6.07, 6.45) is 0.986. The van der Waals surface area contributed by atoms with E-state index in [-0.39, 0.29) is 11.5 Å². The molecular formula is C19H23ClN2S. The first-order valence-corrected chi connectivity index (χ1v) is 8.54. The average Bonchev–Trinajstić information content (AvgIpc) is 2.49. The van der Waals surface area contributed by atoms with Crippen molar-refractivity contribution < 1.29 is 0 Å². The van der Waals surface area contributed by atoms with Gasteiger partial charge in [-0.25, -0.2) is 0 Å². The summed E-state index contributed by atoms with van der Waals surface area (Å²) in [5, 5.41) is 7.89. The van der Waals surface area contributed by atoms with Crippen LogP contribution in [0.3, 0.4) is 0 Å². The second-order valence-corrected chi connectivity index (χ2v) is 7.31. The molecule has 2 aromatic carbocycles. The minimum Gasteiger partial charge on any atom is -0.360 e. The van der Waals surface area contributed by atoms with Gasteiger partial charge in [0.05, 0.1) is 0 Å². The van der Waals surface area contributed by atoms with Gasteiger partial charge < -0.3 is 10.6 Å². The summed E-state index contributed by atoms with van der Waals surface area (Å²) in [7, 11) is 0. The quantitative estimate of drug-likeness (QED) is 0.710. The van der Waals surface area contributed by atoms with E-state index in [0.717, 1.165) is 12.1 Å². The molecule has 0 aromatic heterocycles. The molecule has 0 amide bonds. The van der Waals surface area contributed by atoms with E-state index >= 15 is 0 Å². The van der Waals surface area contributed by atoms with Crippen molar-refractivity contribution in [2.75, 3.05) is 5.32 Å². The van der Waals surface area contributed by atoms with Gasteiger partial charge in [0.15, 0.2) is 5.11 Å². The molecule has 0 saturated carbocycles. The Morgan fingerprint density at radius 2 is 1.70 bits per heavy atom. The molecule has 0 aliphatic carbocycles. The van der Waals surface area contributed by atoms with Crippen molar-refractivity contribution in [2.45, 2.75) is 38.6 Å². The molecule has 0 fully saturated rings. The van der Waals surface area contributed by atoms with Crippen LogP contribution in [-0.4, -0.2) is 11.2 Å². The van der Waals surface area contributed by atoms with Gasteiger partial charge in [-0.3, -0.25) is 0 Å². The summed E-state index contributed by atoms with van der Waals surface area (Å²) in [5.74, 6) is 0. The third-order valence-electron chi connectivity index (χ3n) is 3.85. The van der Waals surface area contributed by atoms with Crippen molar-refractivity contribution in [3.05, 3.63) is 65.2 Å². The van der Waals surface area contributed by atoms with Crippen LogP contribution in [0.25, 0.3) is 0 Å². The lowest BCUT2D eigenvalue weighted by atomic mass is 9.79. The molecule has 2 N–H and O–H groups in total. The van der Waals surface area contributed by atoms with Crippen molar-refractivity contribution in [1.29, 1.82) is 0 Å². The SMILES string of the molecule is CC(CC(C)(C)c1ccccc1)NC(=S)Nc1ccc(Cl)cc1. The molecule has 0 aliphatic heterocycles. The number of hydrogen-bond acceptors (Lipinski definition) is 1. The second kappa shape index (κ2) is 7.80. The topological polar surface area (TPSA) is 24.1 Å². The summed E-state index contributed by atoms with van der Waals surface area (Å²) in [6.45, 7) is 6.67. The standard InChI is InChI=1S/C19H23ClN2S/c1-14(13-19(2,3)15-7-5-4-6-8-15)21-18(23)22-17-11-9-16(20)10-12-17/h4-12,14H,13H2,1-3H3,(H2,21,22,23). The Balaban J connectivity index is 1.89. The predicted molar refractivity (Wildman–Crippen MR) is 104 cm³/mol. The third-order valence-corrected chi connectivity index (χ3v) is 4.32. The van der Waals surface area contributed by atoms with Gasteiger partial charge in [0.2, 0.25) is 0 Å². The van der Waals surface area contributed by atoms with Crippen LogP contribution in [0.4, 0.5) is 5.69 Å². The second-order valence-electron chi connectivity index (χ2n) is 6.46. The van der Waals surface area contributed by atoms with Crippen LogP contribution >= 0.6 is 23.8 Å². The minimum atomic E-state index is 0.0869. The lowest BCUT2D eigenvalue weighted by Gasteiger charge is -2.29. The average molecular weight is 347 g/mol. The zero-order chi connectivity index (χ0) is 16.9. The molecule has 2 aromatic rings. The summed E-state index contributed by atoms with van der Waals surface area (Å²) in [6, 6.07) is 18.3. The fraction of sp³-hybridized carbons (Fsp3) is 0.316. The zero-order valence-electron chi connectivity index (χ0n) is 13.8. The van der Waals surface area contributed by atoms with E-state index in [9.17, 15) is 0 Å². The summed E-state index contributed by atoms with van der Waals surface area (Å²) in [5.41, 5.74) is 2.36. The van der Waals surface area contributed by atoms with Gasteiger partial charge in [-0.2, -0.15) is 0 Å². The lowest BCUT2D eigenvalue weighted by molar-refractivity contribution is 0.420. The van der Waals surface area contributed by atoms with Crippen LogP contribution in [0.15, 0.2) is 54.6 Å². The van der Waals surface area contributed by atoms with E-state index in [4.69, 9.17) is 23.8 Å². The smallest absolute Gasteiger partial charge is 0.170 e. The Morgan fingerprint density at radius 3 is 2.30 bits per heavy atom. The Labute approximate surface area is 149 Å². The first-order valence-electron chi connectivity index (χ1n) is 7.75. The van der Waals surface area contributed by atoms with Gasteiger partial charge in [0.1, 0.15) is 0 Å². The molecular weight excluding hydrogens is 324 g/mol. The largest absolute Gasteiger partial charge is 0.360 e. The number of hydrogen-bond donors (Lipinski definition) is 2. The van der Waals surface area contributed by atoms with Gasteiger partial charge in [0, 0.05) is 16.8 Å². The first-order chi connectivity index (χ1) is 10.9. The van der Waals surface area contributed by atoms with E-state index in [1.54, 1.807) is 0 Å². The number of halogens is 1. The summed E-state index contributed by atoms with van der Waals surface area (Å²) in [4.78, 5) is 0. The van der Waals surface area contributed by atoms with Gasteiger partial charge in [0.25, 0.3) is 0 Å². The molecule has 0 aliphatic rings. The van der Waals surface area contributed by atoms with Crippen LogP contribution in [0.5, 0.6) is 0 Å². The van der Waals surface area contributed by atoms with Gasteiger partial charge >= 0.3 is 0 Å². The highest BCUT2D eigenvalue weighted by atomic mass is 35.5. The molecule has 1 atom stereocenters. The molecule has 0 radical (unpaired) electrons. The summed E-state index contributed by atoms with van der Waals surface area (Å²) >= 11 is 11.3. The fourth-order valence-corrected chi connectivity index (χ4v) is 3.19. The van der Waals surface area contributed by atoms with Crippen LogP contribution < -0.4 is 10.6 Å². The van der Waals surface area contributed by atoms with E-state index in [0.29, 0.717) is 10.1 Å². The van der Waals surface area contributed by atoms with E-state index in [1.165, 1.54) is 5.56 Å². The highest BCUT2D eigenvalue weighted by Crippen LogP contribution is 2.28. The van der Waals surface area contributed by atoms with Gasteiger partial charge in [-0.1, -0.05) is 55.8 Å². The molecule has 2 nitrogen and oxygen atoms in total. The van der Waals surface area contributed by atoms with Crippen molar-refractivity contribution in [3.63, 3.8) is 0 Å². The van der Waals surface area contributed by atoms with Crippen molar-refractivity contribution in [3.8, 4) is 0 Å². The maximum atomic E-state index is 5.89. The molecule has 23 heavy (non-hydrogen) atoms. The van der Waals surface area contributed by atoms with Crippen LogP contribution in [0.2, 0.25) is 5.02 Å². The van der Waals surface area contributed by atoms with Gasteiger partial charge in [-0.05, 0) is 60.8 Å². The fourth-order valence-electron chi connectivity index (χ4n) is 2.75. The Bertz CT molecular complexity index is 638. The molecule has 122 valence electrons. The number of anilines is 1. The number of nitrogens with one attached hydrogen (secondary N) is 2. The minimum absolute atomic E-state index is 0.0869. The lowest BCUT2D eigenvalue weighted by Crippen LogP contribution is -2.39. The summed E-state index contributed by atoms with van der Waals surface area (Å²) < 4.78 is 0. The highest BCUT2D eigenvalue weighted by Gasteiger charge is 2.23. The highest BCUT2D eigenvalue weighted by molar-refractivity contribution is 7.80. The molecule has 1 unspecified atom stereocenters. The molecule has 0 bridgehead atoms. The van der Waals surface area contributed by atoms with Crippen molar-refractivity contribution in [1.82, 2.24) is 5.32 Å². The zero-order valence-corrected chi connectivity index (χ0v) is 15.3. The van der Waals surface area contributed by atoms with Crippen molar-refractivity contribution in [2.24, 2.45) is 0 Å². The normalized spacial score (nSPS) is 12.5. The van der Waals surface area contributed by atoms with E-state index < -0.39 is 0 Å². The predicted octanol–water partition coefficient (Wildman–Crippen LogP) is 5.38. The van der Waals surface area contributed by atoms with Crippen LogP contribution in [-0.2, 0) is 5.41 Å². The molecule has 0 spiro atoms. The Hall–Kier alpha value is -1.58. The van der Waals surface area contributed by atoms with Crippen molar-refractivity contribution >= 4 is 34.6 Å². The number of rotatable bonds is 5. The molecule has 2 rings (SSSR count). The Kier molecular flexibility index (Phi) is 6.03. The molecule has 0 heterocycles. The molecule has 0 saturated heterocycles. The maximum Gasteiger partial charge on any atom is 0.170 e. The molecule has 4 heteroatoms. The maximum absolute atomic E-state index is 5.89. The van der Waals surface area contributed by atoms with Crippen LogP contribution in [0.1, 0.15) is 32.8 Å². The van der Waals surface area contributed by atoms with Gasteiger partial charge in [-0.15, -0.1) is 0 Å². The van der Waals surface area contributed by atoms with Crippen LogP contribution in [0, 0.1) is 0 Å². The van der Waals surface area contributed by atoms with E-state index in [2.05, 4.69) is 55.7 Å². The number of thiocarbonyl (C=S) groups is 1. The first kappa shape index (κ1) is 17.8.